The molecule has 0 aromatic heterocycles. The van der Waals surface area contributed by atoms with E-state index >= 15 is 0 Å². The Bertz CT molecular complexity index is 365. The lowest BCUT2D eigenvalue weighted by Crippen LogP contribution is -2.31. The Kier molecular flexibility index (Phi) is 5.97. The van der Waals surface area contributed by atoms with Gasteiger partial charge < -0.3 is 10.6 Å². The summed E-state index contributed by atoms with van der Waals surface area (Å²) in [6, 6.07) is 4.21. The van der Waals surface area contributed by atoms with E-state index in [2.05, 4.69) is 38.7 Å². The van der Waals surface area contributed by atoms with E-state index < -0.39 is 0 Å². The molecule has 0 saturated heterocycles. The molecule has 0 unspecified atom stereocenters. The summed E-state index contributed by atoms with van der Waals surface area (Å²) in [6.07, 6.45) is 1.16. The first-order chi connectivity index (χ1) is 8.45. The Morgan fingerprint density at radius 3 is 2.39 bits per heavy atom. The second-order valence-electron chi connectivity index (χ2n) is 5.37. The molecule has 0 spiro atoms. The number of nitrogens with two attached hydrogens (primary N) is 1. The second-order valence-corrected chi connectivity index (χ2v) is 5.78. The molecule has 0 saturated carbocycles. The van der Waals surface area contributed by atoms with Crippen LogP contribution in [0, 0.1) is 19.8 Å². The van der Waals surface area contributed by atoms with Crippen LogP contribution in [0.4, 0.5) is 5.69 Å². The van der Waals surface area contributed by atoms with E-state index in [4.69, 9.17) is 17.3 Å². The summed E-state index contributed by atoms with van der Waals surface area (Å²) in [5.74, 6) is 0.690. The van der Waals surface area contributed by atoms with E-state index in [9.17, 15) is 0 Å². The molecule has 0 fully saturated rings. The van der Waals surface area contributed by atoms with Gasteiger partial charge >= 0.3 is 0 Å². The molecule has 2 N–H and O–H groups in total. The zero-order valence-corrected chi connectivity index (χ0v) is 12.7. The molecule has 0 amide bonds. The predicted octanol–water partition coefficient (Wildman–Crippen LogP) is 3.77. The fourth-order valence-electron chi connectivity index (χ4n) is 2.21. The lowest BCUT2D eigenvalue weighted by atomic mass is 10.1. The smallest absolute Gasteiger partial charge is 0.0644 e. The largest absolute Gasteiger partial charge is 0.369 e. The van der Waals surface area contributed by atoms with Crippen molar-refractivity contribution in [1.82, 2.24) is 0 Å². The van der Waals surface area contributed by atoms with Gasteiger partial charge in [-0.3, -0.25) is 0 Å². The molecule has 1 aromatic rings. The van der Waals surface area contributed by atoms with Gasteiger partial charge in [-0.05, 0) is 43.4 Å². The van der Waals surface area contributed by atoms with E-state index in [1.54, 1.807) is 0 Å². The predicted molar refractivity (Wildman–Crippen MR) is 81.6 cm³/mol. The molecule has 1 aromatic carbocycles. The molecule has 0 atom stereocenters. The monoisotopic (exact) mass is 268 g/mol. The number of hydrogen-bond donors (Lipinski definition) is 1. The normalized spacial score (nSPS) is 11.1. The lowest BCUT2D eigenvalue weighted by molar-refractivity contribution is 0.573. The maximum Gasteiger partial charge on any atom is 0.0644 e. The summed E-state index contributed by atoms with van der Waals surface area (Å²) in [5, 5.41) is 0.838. The van der Waals surface area contributed by atoms with Gasteiger partial charge in [0.1, 0.15) is 0 Å². The van der Waals surface area contributed by atoms with Gasteiger partial charge in [-0.25, -0.2) is 0 Å². The van der Waals surface area contributed by atoms with E-state index in [0.717, 1.165) is 30.2 Å². The van der Waals surface area contributed by atoms with Crippen molar-refractivity contribution in [2.45, 2.75) is 34.1 Å². The number of benzene rings is 1. The lowest BCUT2D eigenvalue weighted by Gasteiger charge is -2.28. The van der Waals surface area contributed by atoms with Gasteiger partial charge in [-0.2, -0.15) is 0 Å². The number of anilines is 1. The molecule has 0 aliphatic carbocycles. The molecule has 3 heteroatoms. The Morgan fingerprint density at radius 2 is 1.89 bits per heavy atom. The Hall–Kier alpha value is -0.730. The van der Waals surface area contributed by atoms with Crippen LogP contribution in [-0.2, 0) is 0 Å². The minimum atomic E-state index is 0.655. The molecule has 0 bridgehead atoms. The van der Waals surface area contributed by atoms with Crippen molar-refractivity contribution < 1.29 is 0 Å². The fourth-order valence-corrected chi connectivity index (χ4v) is 2.65. The Balaban J connectivity index is 2.97. The molecular weight excluding hydrogens is 244 g/mol. The van der Waals surface area contributed by atoms with Crippen LogP contribution in [0.2, 0.25) is 5.02 Å². The highest BCUT2D eigenvalue weighted by molar-refractivity contribution is 6.33. The molecule has 0 aliphatic heterocycles. The van der Waals surface area contributed by atoms with Gasteiger partial charge in [-0.1, -0.05) is 31.5 Å². The Labute approximate surface area is 116 Å². The highest BCUT2D eigenvalue weighted by atomic mass is 35.5. The molecule has 2 nitrogen and oxygen atoms in total. The van der Waals surface area contributed by atoms with E-state index in [1.807, 2.05) is 6.07 Å². The third-order valence-corrected chi connectivity index (χ3v) is 3.38. The molecule has 1 rings (SSSR count). The first kappa shape index (κ1) is 15.3. The summed E-state index contributed by atoms with van der Waals surface area (Å²) >= 11 is 6.40. The first-order valence-corrected chi connectivity index (χ1v) is 7.05. The summed E-state index contributed by atoms with van der Waals surface area (Å²) < 4.78 is 0. The minimum Gasteiger partial charge on any atom is -0.369 e. The van der Waals surface area contributed by atoms with Crippen LogP contribution in [0.25, 0.3) is 0 Å². The number of aryl methyl sites for hydroxylation is 2. The van der Waals surface area contributed by atoms with Gasteiger partial charge in [0.25, 0.3) is 0 Å². The van der Waals surface area contributed by atoms with Crippen molar-refractivity contribution in [2.75, 3.05) is 24.5 Å². The average molecular weight is 269 g/mol. The van der Waals surface area contributed by atoms with Gasteiger partial charge in [0, 0.05) is 19.6 Å². The average Bonchev–Trinajstić information content (AvgIpc) is 2.24. The van der Waals surface area contributed by atoms with Crippen LogP contribution < -0.4 is 10.6 Å². The highest BCUT2D eigenvalue weighted by Gasteiger charge is 2.13. The van der Waals surface area contributed by atoms with Crippen molar-refractivity contribution in [2.24, 2.45) is 11.7 Å². The van der Waals surface area contributed by atoms with Crippen LogP contribution in [0.3, 0.4) is 0 Å². The zero-order chi connectivity index (χ0) is 13.7. The number of halogens is 1. The topological polar surface area (TPSA) is 29.3 Å². The molecule has 102 valence electrons. The van der Waals surface area contributed by atoms with E-state index in [-0.39, 0.29) is 0 Å². The van der Waals surface area contributed by atoms with Crippen LogP contribution in [-0.4, -0.2) is 19.6 Å². The summed E-state index contributed by atoms with van der Waals surface area (Å²) in [5.41, 5.74) is 9.30. The molecule has 18 heavy (non-hydrogen) atoms. The molecule has 0 aliphatic rings. The van der Waals surface area contributed by atoms with Gasteiger partial charge in [0.05, 0.1) is 10.7 Å². The van der Waals surface area contributed by atoms with Gasteiger partial charge in [0.2, 0.25) is 0 Å². The highest BCUT2D eigenvalue weighted by Crippen LogP contribution is 2.31. The van der Waals surface area contributed by atoms with E-state index in [1.165, 1.54) is 11.1 Å². The summed E-state index contributed by atoms with van der Waals surface area (Å²) in [7, 11) is 0. The molecule has 0 radical (unpaired) electrons. The maximum absolute atomic E-state index is 6.40. The van der Waals surface area contributed by atoms with Crippen molar-refractivity contribution in [3.05, 3.63) is 28.3 Å². The molecular formula is C15H25ClN2. The SMILES string of the molecule is Cc1cc(C)c(N(CCN)CCC(C)C)c(Cl)c1. The zero-order valence-electron chi connectivity index (χ0n) is 12.0. The summed E-state index contributed by atoms with van der Waals surface area (Å²) in [6.45, 7) is 11.2. The number of nitrogens with zero attached hydrogens (tertiary/aromatic N) is 1. The van der Waals surface area contributed by atoms with Crippen molar-refractivity contribution in [3.63, 3.8) is 0 Å². The minimum absolute atomic E-state index is 0.655. The van der Waals surface area contributed by atoms with Crippen molar-refractivity contribution >= 4 is 17.3 Å². The quantitative estimate of drug-likeness (QED) is 0.851. The standard InChI is InChI=1S/C15H25ClN2/c1-11(2)5-7-18(8-6-17)15-13(4)9-12(3)10-14(15)16/h9-11H,5-8,17H2,1-4H3. The first-order valence-electron chi connectivity index (χ1n) is 6.67. The molecule has 0 heterocycles. The van der Waals surface area contributed by atoms with Crippen LogP contribution in [0.1, 0.15) is 31.4 Å². The third-order valence-electron chi connectivity index (χ3n) is 3.09. The fraction of sp³-hybridized carbons (Fsp3) is 0.600. The van der Waals surface area contributed by atoms with E-state index in [0.29, 0.717) is 12.5 Å². The Morgan fingerprint density at radius 1 is 1.22 bits per heavy atom. The summed E-state index contributed by atoms with van der Waals surface area (Å²) in [4.78, 5) is 2.32. The van der Waals surface area contributed by atoms with Crippen LogP contribution in [0.15, 0.2) is 12.1 Å². The van der Waals surface area contributed by atoms with Gasteiger partial charge in [0.15, 0.2) is 0 Å². The second kappa shape index (κ2) is 7.01. The van der Waals surface area contributed by atoms with Crippen molar-refractivity contribution in [3.8, 4) is 0 Å². The number of hydrogen-bond acceptors (Lipinski definition) is 2. The van der Waals surface area contributed by atoms with Crippen molar-refractivity contribution in [1.29, 1.82) is 0 Å². The third kappa shape index (κ3) is 4.18. The van der Waals surface area contributed by atoms with Crippen LogP contribution in [0.5, 0.6) is 0 Å². The maximum atomic E-state index is 6.40. The van der Waals surface area contributed by atoms with Crippen LogP contribution >= 0.6 is 11.6 Å². The van der Waals surface area contributed by atoms with Gasteiger partial charge in [-0.15, -0.1) is 0 Å². The number of rotatable bonds is 6.